The Morgan fingerprint density at radius 2 is 1.82 bits per heavy atom. The number of carbonyl (C=O) groups is 1. The zero-order valence-electron chi connectivity index (χ0n) is 11.6. The lowest BCUT2D eigenvalue weighted by Crippen LogP contribution is -2.27. The molecule has 0 aliphatic heterocycles. The molecule has 0 fully saturated rings. The van der Waals surface area contributed by atoms with Gasteiger partial charge in [-0.25, -0.2) is 4.79 Å². The van der Waals surface area contributed by atoms with E-state index in [4.69, 9.17) is 4.74 Å². The number of hydrogen-bond acceptors (Lipinski definition) is 2. The van der Waals surface area contributed by atoms with Crippen LogP contribution in [0.25, 0.3) is 0 Å². The third-order valence-corrected chi connectivity index (χ3v) is 1.66. The largest absolute Gasteiger partial charge is 0.444 e. The molecule has 1 aromatic rings. The Balaban J connectivity index is 0.00000121. The van der Waals surface area contributed by atoms with Crippen molar-refractivity contribution in [1.82, 2.24) is 0 Å². The van der Waals surface area contributed by atoms with E-state index in [2.05, 4.69) is 5.32 Å². The predicted octanol–water partition coefficient (Wildman–Crippen LogP) is 4.37. The number of aryl methyl sites for hydroxylation is 1. The molecule has 0 saturated heterocycles. The smallest absolute Gasteiger partial charge is 0.412 e. The van der Waals surface area contributed by atoms with E-state index in [1.165, 1.54) is 0 Å². The van der Waals surface area contributed by atoms with Gasteiger partial charge in [0.15, 0.2) is 0 Å². The molecule has 0 saturated carbocycles. The molecule has 3 nitrogen and oxygen atoms in total. The summed E-state index contributed by atoms with van der Waals surface area (Å²) in [7, 11) is 0. The van der Waals surface area contributed by atoms with Crippen LogP contribution in [0.15, 0.2) is 24.3 Å². The number of hydrogen-bond donors (Lipinski definition) is 1. The lowest BCUT2D eigenvalue weighted by atomic mass is 10.2. The summed E-state index contributed by atoms with van der Waals surface area (Å²) in [4.78, 5) is 11.4. The highest BCUT2D eigenvalue weighted by Crippen LogP contribution is 2.12. The molecule has 0 atom stereocenters. The van der Waals surface area contributed by atoms with Gasteiger partial charge in [0.2, 0.25) is 0 Å². The predicted molar refractivity (Wildman–Crippen MR) is 72.4 cm³/mol. The van der Waals surface area contributed by atoms with E-state index in [9.17, 15) is 4.79 Å². The maximum Gasteiger partial charge on any atom is 0.412 e. The van der Waals surface area contributed by atoms with Crippen molar-refractivity contribution >= 4 is 11.8 Å². The Morgan fingerprint density at radius 1 is 1.24 bits per heavy atom. The molecule has 0 unspecified atom stereocenters. The van der Waals surface area contributed by atoms with Crippen molar-refractivity contribution in [3.05, 3.63) is 29.8 Å². The first-order valence-corrected chi connectivity index (χ1v) is 5.93. The van der Waals surface area contributed by atoms with E-state index in [0.29, 0.717) is 0 Å². The van der Waals surface area contributed by atoms with E-state index in [1.807, 2.05) is 65.8 Å². The molecule has 0 heterocycles. The summed E-state index contributed by atoms with van der Waals surface area (Å²) in [5.41, 5.74) is 1.39. The van der Waals surface area contributed by atoms with Crippen molar-refractivity contribution in [2.24, 2.45) is 0 Å². The Hall–Kier alpha value is -1.51. The first kappa shape index (κ1) is 15.5. The molecule has 96 valence electrons. The van der Waals surface area contributed by atoms with Crippen molar-refractivity contribution in [1.29, 1.82) is 0 Å². The Labute approximate surface area is 104 Å². The van der Waals surface area contributed by atoms with Gasteiger partial charge in [0, 0.05) is 5.69 Å². The van der Waals surface area contributed by atoms with Gasteiger partial charge in [-0.05, 0) is 45.4 Å². The number of anilines is 1. The molecule has 0 aliphatic carbocycles. The maximum atomic E-state index is 11.4. The molecule has 0 bridgehead atoms. The summed E-state index contributed by atoms with van der Waals surface area (Å²) in [6.07, 6.45) is -0.423. The first-order chi connectivity index (χ1) is 7.87. The molecule has 0 radical (unpaired) electrons. The highest BCUT2D eigenvalue weighted by Gasteiger charge is 2.15. The molecule has 1 aromatic carbocycles. The van der Waals surface area contributed by atoms with Gasteiger partial charge in [-0.15, -0.1) is 0 Å². The summed E-state index contributed by atoms with van der Waals surface area (Å²) < 4.78 is 5.13. The highest BCUT2D eigenvalue weighted by molar-refractivity contribution is 5.84. The third-order valence-electron chi connectivity index (χ3n) is 1.66. The van der Waals surface area contributed by atoms with E-state index in [-0.39, 0.29) is 0 Å². The minimum atomic E-state index is -0.464. The third kappa shape index (κ3) is 7.39. The molecule has 0 spiro atoms. The zero-order valence-corrected chi connectivity index (χ0v) is 11.6. The van der Waals surface area contributed by atoms with Gasteiger partial charge in [0.25, 0.3) is 0 Å². The van der Waals surface area contributed by atoms with E-state index >= 15 is 0 Å². The van der Waals surface area contributed by atoms with Gasteiger partial charge in [0.05, 0.1) is 0 Å². The van der Waals surface area contributed by atoms with Crippen molar-refractivity contribution in [3.8, 4) is 0 Å². The zero-order chi connectivity index (χ0) is 13.5. The van der Waals surface area contributed by atoms with Crippen LogP contribution in [0.4, 0.5) is 10.5 Å². The quantitative estimate of drug-likeness (QED) is 0.787. The molecule has 0 aliphatic rings. The van der Waals surface area contributed by atoms with Crippen LogP contribution < -0.4 is 5.32 Å². The minimum Gasteiger partial charge on any atom is -0.444 e. The molecule has 0 aromatic heterocycles. The van der Waals surface area contributed by atoms with Crippen molar-refractivity contribution in [2.45, 2.75) is 47.1 Å². The van der Waals surface area contributed by atoms with Gasteiger partial charge in [-0.3, -0.25) is 5.32 Å². The standard InChI is InChI=1S/C12H17NO2.C2H6/c1-9-6-5-7-10(8-9)13-11(14)15-12(2,3)4;1-2/h5-8H,1-4H3,(H,13,14);1-2H3. The van der Waals surface area contributed by atoms with Crippen molar-refractivity contribution in [2.75, 3.05) is 5.32 Å². The second kappa shape index (κ2) is 6.94. The summed E-state index contributed by atoms with van der Waals surface area (Å²) in [5, 5.41) is 2.68. The topological polar surface area (TPSA) is 38.3 Å². The molecule has 1 amide bonds. The fourth-order valence-corrected chi connectivity index (χ4v) is 1.14. The summed E-state index contributed by atoms with van der Waals surface area (Å²) >= 11 is 0. The Morgan fingerprint density at radius 3 is 2.29 bits per heavy atom. The van der Waals surface area contributed by atoms with Crippen LogP contribution in [0, 0.1) is 6.92 Å². The lowest BCUT2D eigenvalue weighted by molar-refractivity contribution is 0.0636. The first-order valence-electron chi connectivity index (χ1n) is 5.93. The van der Waals surface area contributed by atoms with Gasteiger partial charge in [-0.2, -0.15) is 0 Å². The number of benzene rings is 1. The Kier molecular flexibility index (Phi) is 6.33. The van der Waals surface area contributed by atoms with Crippen LogP contribution >= 0.6 is 0 Å². The highest BCUT2D eigenvalue weighted by atomic mass is 16.6. The second-order valence-electron chi connectivity index (χ2n) is 4.50. The van der Waals surface area contributed by atoms with E-state index < -0.39 is 11.7 Å². The molecule has 1 N–H and O–H groups in total. The molecular weight excluding hydrogens is 214 g/mol. The second-order valence-corrected chi connectivity index (χ2v) is 4.50. The monoisotopic (exact) mass is 237 g/mol. The SMILES string of the molecule is CC.Cc1cccc(NC(=O)OC(C)(C)C)c1. The number of ether oxygens (including phenoxy) is 1. The average Bonchev–Trinajstić information content (AvgIpc) is 2.17. The van der Waals surface area contributed by atoms with Crippen LogP contribution in [0.3, 0.4) is 0 Å². The summed E-state index contributed by atoms with van der Waals surface area (Å²) in [5.74, 6) is 0. The van der Waals surface area contributed by atoms with Gasteiger partial charge in [0.1, 0.15) is 5.60 Å². The van der Waals surface area contributed by atoms with Crippen LogP contribution in [-0.2, 0) is 4.74 Å². The van der Waals surface area contributed by atoms with Crippen molar-refractivity contribution < 1.29 is 9.53 Å². The normalized spacial score (nSPS) is 10.0. The molecule has 3 heteroatoms. The number of nitrogens with one attached hydrogen (secondary N) is 1. The average molecular weight is 237 g/mol. The molecule has 1 rings (SSSR count). The number of amides is 1. The minimum absolute atomic E-state index is 0.423. The van der Waals surface area contributed by atoms with Crippen LogP contribution in [0.5, 0.6) is 0 Å². The van der Waals surface area contributed by atoms with Gasteiger partial charge in [-0.1, -0.05) is 26.0 Å². The number of carbonyl (C=O) groups excluding carboxylic acids is 1. The van der Waals surface area contributed by atoms with Crippen LogP contribution in [0.1, 0.15) is 40.2 Å². The van der Waals surface area contributed by atoms with Crippen molar-refractivity contribution in [3.63, 3.8) is 0 Å². The van der Waals surface area contributed by atoms with E-state index in [0.717, 1.165) is 11.3 Å². The Bertz CT molecular complexity index is 353. The van der Waals surface area contributed by atoms with Gasteiger partial charge >= 0.3 is 6.09 Å². The van der Waals surface area contributed by atoms with Crippen LogP contribution in [-0.4, -0.2) is 11.7 Å². The van der Waals surface area contributed by atoms with Gasteiger partial charge < -0.3 is 4.74 Å². The maximum absolute atomic E-state index is 11.4. The van der Waals surface area contributed by atoms with E-state index in [1.54, 1.807) is 0 Å². The fourth-order valence-electron chi connectivity index (χ4n) is 1.14. The summed E-state index contributed by atoms with van der Waals surface area (Å²) in [6.45, 7) is 11.5. The molecule has 17 heavy (non-hydrogen) atoms. The summed E-state index contributed by atoms with van der Waals surface area (Å²) in [6, 6.07) is 7.59. The van der Waals surface area contributed by atoms with Crippen LogP contribution in [0.2, 0.25) is 0 Å². The fraction of sp³-hybridized carbons (Fsp3) is 0.500. The lowest BCUT2D eigenvalue weighted by Gasteiger charge is -2.19. The molecular formula is C14H23NO2. The number of rotatable bonds is 1.